The molecule has 102 valence electrons. The lowest BCUT2D eigenvalue weighted by atomic mass is 10.1. The molecule has 2 nitrogen and oxygen atoms in total. The van der Waals surface area contributed by atoms with E-state index in [1.807, 2.05) is 0 Å². The van der Waals surface area contributed by atoms with Crippen LogP contribution in [0.25, 0.3) is 10.6 Å². The summed E-state index contributed by atoms with van der Waals surface area (Å²) < 4.78 is 51.9. The first-order valence-electron chi connectivity index (χ1n) is 5.36. The Balaban J connectivity index is 2.58. The second kappa shape index (κ2) is 4.90. The number of hydrogen-bond acceptors (Lipinski definition) is 3. The Morgan fingerprint density at radius 1 is 1.32 bits per heavy atom. The number of nitrogens with zero attached hydrogens (tertiary/aromatic N) is 1. The van der Waals surface area contributed by atoms with Gasteiger partial charge in [-0.2, -0.15) is 13.2 Å². The summed E-state index contributed by atoms with van der Waals surface area (Å²) in [6.45, 7) is 1.45. The van der Waals surface area contributed by atoms with Crippen LogP contribution in [0.3, 0.4) is 0 Å². The van der Waals surface area contributed by atoms with Crippen molar-refractivity contribution in [3.63, 3.8) is 0 Å². The number of alkyl halides is 3. The molecule has 0 saturated heterocycles. The molecule has 0 saturated carbocycles. The molecule has 0 unspecified atom stereocenters. The standard InChI is InChI=1S/C12H10F4N2S/c1-6-2-3-8(13)7(4-6)11-18-10(12(14,15)16)9(5-17)19-11/h2-4H,5,17H2,1H3. The fraction of sp³-hybridized carbons (Fsp3) is 0.250. The Morgan fingerprint density at radius 2 is 2.00 bits per heavy atom. The van der Waals surface area contributed by atoms with Crippen LogP contribution >= 0.6 is 11.3 Å². The van der Waals surface area contributed by atoms with E-state index in [0.717, 1.165) is 16.9 Å². The molecular formula is C12H10F4N2S. The van der Waals surface area contributed by atoms with E-state index in [1.165, 1.54) is 12.1 Å². The second-order valence-corrected chi connectivity index (χ2v) is 5.06. The summed E-state index contributed by atoms with van der Waals surface area (Å²) in [4.78, 5) is 3.40. The van der Waals surface area contributed by atoms with Crippen molar-refractivity contribution < 1.29 is 17.6 Å². The van der Waals surface area contributed by atoms with Gasteiger partial charge in [0.25, 0.3) is 0 Å². The maximum atomic E-state index is 13.7. The Hall–Kier alpha value is -1.47. The van der Waals surface area contributed by atoms with Gasteiger partial charge in [0.2, 0.25) is 0 Å². The van der Waals surface area contributed by atoms with Crippen LogP contribution in [0.4, 0.5) is 17.6 Å². The highest BCUT2D eigenvalue weighted by Crippen LogP contribution is 2.38. The first kappa shape index (κ1) is 14.0. The average Bonchev–Trinajstić information content (AvgIpc) is 2.76. The van der Waals surface area contributed by atoms with Gasteiger partial charge in [-0.15, -0.1) is 11.3 Å². The lowest BCUT2D eigenvalue weighted by molar-refractivity contribution is -0.141. The molecule has 2 aromatic rings. The van der Waals surface area contributed by atoms with Crippen LogP contribution in [0.1, 0.15) is 16.1 Å². The summed E-state index contributed by atoms with van der Waals surface area (Å²) in [5.74, 6) is -0.600. The molecule has 0 fully saturated rings. The lowest BCUT2D eigenvalue weighted by Crippen LogP contribution is -2.10. The number of halogens is 4. The van der Waals surface area contributed by atoms with E-state index >= 15 is 0 Å². The second-order valence-electron chi connectivity index (χ2n) is 3.98. The van der Waals surface area contributed by atoms with E-state index in [-0.39, 0.29) is 22.0 Å². The molecule has 1 heterocycles. The molecule has 0 amide bonds. The van der Waals surface area contributed by atoms with Crippen molar-refractivity contribution in [3.8, 4) is 10.6 Å². The van der Waals surface area contributed by atoms with Crippen LogP contribution in [-0.4, -0.2) is 4.98 Å². The molecule has 19 heavy (non-hydrogen) atoms. The van der Waals surface area contributed by atoms with Gasteiger partial charge >= 0.3 is 6.18 Å². The molecule has 1 aromatic carbocycles. The van der Waals surface area contributed by atoms with Gasteiger partial charge in [-0.3, -0.25) is 0 Å². The van der Waals surface area contributed by atoms with Gasteiger partial charge in [0.1, 0.15) is 10.8 Å². The number of aryl methyl sites for hydroxylation is 1. The van der Waals surface area contributed by atoms with Crippen LogP contribution in [0, 0.1) is 12.7 Å². The average molecular weight is 290 g/mol. The summed E-state index contributed by atoms with van der Waals surface area (Å²) in [7, 11) is 0. The predicted octanol–water partition coefficient (Wildman–Crippen LogP) is 3.74. The molecule has 1 aromatic heterocycles. The van der Waals surface area contributed by atoms with Crippen molar-refractivity contribution in [3.05, 3.63) is 40.2 Å². The van der Waals surface area contributed by atoms with Crippen LogP contribution < -0.4 is 5.73 Å². The molecule has 0 spiro atoms. The third-order valence-corrected chi connectivity index (χ3v) is 3.61. The van der Waals surface area contributed by atoms with Gasteiger partial charge in [0.05, 0.1) is 4.88 Å². The van der Waals surface area contributed by atoms with Gasteiger partial charge < -0.3 is 5.73 Å². The van der Waals surface area contributed by atoms with Crippen molar-refractivity contribution in [1.29, 1.82) is 0 Å². The van der Waals surface area contributed by atoms with E-state index in [4.69, 9.17) is 5.73 Å². The summed E-state index contributed by atoms with van der Waals surface area (Å²) >= 11 is 0.766. The Morgan fingerprint density at radius 3 is 2.53 bits per heavy atom. The van der Waals surface area contributed by atoms with Crippen molar-refractivity contribution in [2.75, 3.05) is 0 Å². The van der Waals surface area contributed by atoms with E-state index < -0.39 is 17.7 Å². The molecule has 0 bridgehead atoms. The van der Waals surface area contributed by atoms with Crippen LogP contribution in [0.15, 0.2) is 18.2 Å². The highest BCUT2D eigenvalue weighted by atomic mass is 32.1. The number of benzene rings is 1. The SMILES string of the molecule is Cc1ccc(F)c(-c2nc(C(F)(F)F)c(CN)s2)c1. The first-order chi connectivity index (χ1) is 8.82. The Labute approximate surface area is 110 Å². The van der Waals surface area contributed by atoms with E-state index in [0.29, 0.717) is 0 Å². The number of rotatable bonds is 2. The van der Waals surface area contributed by atoms with E-state index in [1.54, 1.807) is 13.0 Å². The normalized spacial score (nSPS) is 11.9. The maximum absolute atomic E-state index is 13.7. The van der Waals surface area contributed by atoms with Crippen molar-refractivity contribution >= 4 is 11.3 Å². The third kappa shape index (κ3) is 2.76. The van der Waals surface area contributed by atoms with E-state index in [9.17, 15) is 17.6 Å². The number of thiazole rings is 1. The lowest BCUT2D eigenvalue weighted by Gasteiger charge is -2.03. The maximum Gasteiger partial charge on any atom is 0.434 e. The molecule has 7 heteroatoms. The highest BCUT2D eigenvalue weighted by Gasteiger charge is 2.37. The number of nitrogens with two attached hydrogens (primary N) is 1. The fourth-order valence-corrected chi connectivity index (χ4v) is 2.61. The predicted molar refractivity (Wildman–Crippen MR) is 65.1 cm³/mol. The molecule has 0 atom stereocenters. The largest absolute Gasteiger partial charge is 0.434 e. The van der Waals surface area contributed by atoms with Gasteiger partial charge in [0.15, 0.2) is 5.69 Å². The molecule has 2 rings (SSSR count). The fourth-order valence-electron chi connectivity index (χ4n) is 1.63. The molecule has 0 aliphatic rings. The Bertz CT molecular complexity index is 604. The van der Waals surface area contributed by atoms with Crippen molar-refractivity contribution in [1.82, 2.24) is 4.98 Å². The topological polar surface area (TPSA) is 38.9 Å². The van der Waals surface area contributed by atoms with Crippen LogP contribution in [-0.2, 0) is 12.7 Å². The summed E-state index contributed by atoms with van der Waals surface area (Å²) in [6.07, 6.45) is -4.58. The van der Waals surface area contributed by atoms with Crippen molar-refractivity contribution in [2.45, 2.75) is 19.6 Å². The summed E-state index contributed by atoms with van der Waals surface area (Å²) in [5, 5.41) is -0.00558. The summed E-state index contributed by atoms with van der Waals surface area (Å²) in [5.41, 5.74) is 5.06. The molecular weight excluding hydrogens is 280 g/mol. The minimum atomic E-state index is -4.58. The van der Waals surface area contributed by atoms with Gasteiger partial charge in [-0.25, -0.2) is 9.37 Å². The molecule has 0 radical (unpaired) electrons. The third-order valence-electron chi connectivity index (χ3n) is 2.50. The van der Waals surface area contributed by atoms with Gasteiger partial charge in [0, 0.05) is 12.1 Å². The van der Waals surface area contributed by atoms with Crippen LogP contribution in [0.2, 0.25) is 0 Å². The number of hydrogen-bond donors (Lipinski definition) is 1. The van der Waals surface area contributed by atoms with E-state index in [2.05, 4.69) is 4.98 Å². The van der Waals surface area contributed by atoms with Crippen LogP contribution in [0.5, 0.6) is 0 Å². The zero-order chi connectivity index (χ0) is 14.2. The molecule has 0 aliphatic heterocycles. The monoisotopic (exact) mass is 290 g/mol. The summed E-state index contributed by atoms with van der Waals surface area (Å²) in [6, 6.07) is 4.22. The zero-order valence-electron chi connectivity index (χ0n) is 9.88. The molecule has 0 aliphatic carbocycles. The highest BCUT2D eigenvalue weighted by molar-refractivity contribution is 7.15. The smallest absolute Gasteiger partial charge is 0.326 e. The zero-order valence-corrected chi connectivity index (χ0v) is 10.7. The molecule has 2 N–H and O–H groups in total. The first-order valence-corrected chi connectivity index (χ1v) is 6.18. The van der Waals surface area contributed by atoms with Gasteiger partial charge in [-0.05, 0) is 19.1 Å². The van der Waals surface area contributed by atoms with Gasteiger partial charge in [-0.1, -0.05) is 11.6 Å². The minimum absolute atomic E-state index is 0.00558. The minimum Gasteiger partial charge on any atom is -0.326 e. The Kier molecular flexibility index (Phi) is 3.60. The number of aromatic nitrogens is 1. The quantitative estimate of drug-likeness (QED) is 0.856. The van der Waals surface area contributed by atoms with Crippen molar-refractivity contribution in [2.24, 2.45) is 5.73 Å².